The Kier molecular flexibility index (Phi) is 7.17. The molecule has 9 heteroatoms. The highest BCUT2D eigenvalue weighted by molar-refractivity contribution is 8.15. The normalized spacial score (nSPS) is 17.0. The molecule has 118 valence electrons. The lowest BCUT2D eigenvalue weighted by Gasteiger charge is -2.26. The van der Waals surface area contributed by atoms with Crippen LogP contribution in [0.15, 0.2) is 5.16 Å². The maximum absolute atomic E-state index is 12.1. The summed E-state index contributed by atoms with van der Waals surface area (Å²) in [5, 5.41) is 3.67. The van der Waals surface area contributed by atoms with Gasteiger partial charge in [0.05, 0.1) is 0 Å². The number of hydrogen-bond acceptors (Lipinski definition) is 7. The van der Waals surface area contributed by atoms with Crippen molar-refractivity contribution in [3.8, 4) is 0 Å². The third-order valence-electron chi connectivity index (χ3n) is 2.80. The van der Waals surface area contributed by atoms with Gasteiger partial charge in [-0.15, -0.1) is 0 Å². The number of oxime groups is 1. The number of imide groups is 1. The molecule has 0 saturated carbocycles. The van der Waals surface area contributed by atoms with E-state index in [0.717, 1.165) is 11.3 Å². The zero-order valence-corrected chi connectivity index (χ0v) is 13.1. The van der Waals surface area contributed by atoms with Crippen LogP contribution >= 0.6 is 11.8 Å². The molecule has 0 atom stereocenters. The second kappa shape index (κ2) is 8.63. The maximum atomic E-state index is 12.1. The highest BCUT2D eigenvalue weighted by atomic mass is 32.2. The smallest absolute Gasteiger partial charge is 0.385 e. The molecule has 0 N–H and O–H groups in total. The summed E-state index contributed by atoms with van der Waals surface area (Å²) in [7, 11) is 2.88. The Balaban J connectivity index is 2.57. The lowest BCUT2D eigenvalue weighted by molar-refractivity contribution is -0.126. The summed E-state index contributed by atoms with van der Waals surface area (Å²) in [4.78, 5) is 41.6. The van der Waals surface area contributed by atoms with E-state index in [1.54, 1.807) is 12.0 Å². The number of carbonyl (C=O) groups excluding carboxylic acids is 3. The average Bonchev–Trinajstić information content (AvgIpc) is 2.46. The molecule has 8 nitrogen and oxygen atoms in total. The summed E-state index contributed by atoms with van der Waals surface area (Å²) in [6.45, 7) is 2.98. The Bertz CT molecular complexity index is 441. The van der Waals surface area contributed by atoms with Gasteiger partial charge < -0.3 is 9.64 Å². The molecule has 0 spiro atoms. The van der Waals surface area contributed by atoms with E-state index < -0.39 is 12.0 Å². The lowest BCUT2D eigenvalue weighted by atomic mass is 10.3. The molecular formula is C12H19N3O5S. The molecule has 0 aliphatic carbocycles. The van der Waals surface area contributed by atoms with Crippen LogP contribution in [-0.4, -0.2) is 72.4 Å². The molecule has 1 saturated heterocycles. The number of amides is 3. The highest BCUT2D eigenvalue weighted by Gasteiger charge is 2.26. The van der Waals surface area contributed by atoms with Crippen molar-refractivity contribution in [3.63, 3.8) is 0 Å². The van der Waals surface area contributed by atoms with Crippen molar-refractivity contribution in [2.24, 2.45) is 5.16 Å². The van der Waals surface area contributed by atoms with Crippen LogP contribution in [0.2, 0.25) is 0 Å². The Morgan fingerprint density at radius 3 is 2.81 bits per heavy atom. The topological polar surface area (TPSA) is 88.5 Å². The van der Waals surface area contributed by atoms with E-state index in [9.17, 15) is 14.4 Å². The van der Waals surface area contributed by atoms with Gasteiger partial charge >= 0.3 is 6.09 Å². The number of rotatable bonds is 5. The minimum Gasteiger partial charge on any atom is -0.385 e. The SMILES string of the molecule is COCCCN1CCSC(=NOC(=O)N(C)C(C)=O)C1=O. The van der Waals surface area contributed by atoms with Crippen LogP contribution in [0, 0.1) is 0 Å². The number of methoxy groups -OCH3 is 1. The summed E-state index contributed by atoms with van der Waals surface area (Å²) in [5.74, 6) is -0.0675. The summed E-state index contributed by atoms with van der Waals surface area (Å²) in [5.41, 5.74) is 0. The largest absolute Gasteiger partial charge is 0.442 e. The van der Waals surface area contributed by atoms with E-state index in [1.165, 1.54) is 25.7 Å². The first-order valence-electron chi connectivity index (χ1n) is 6.41. The first-order chi connectivity index (χ1) is 9.97. The van der Waals surface area contributed by atoms with E-state index >= 15 is 0 Å². The zero-order chi connectivity index (χ0) is 15.8. The Morgan fingerprint density at radius 2 is 2.19 bits per heavy atom. The van der Waals surface area contributed by atoms with Gasteiger partial charge in [-0.05, 0) is 6.42 Å². The Labute approximate surface area is 127 Å². The third kappa shape index (κ3) is 5.35. The van der Waals surface area contributed by atoms with Crippen LogP contribution < -0.4 is 0 Å². The predicted molar refractivity (Wildman–Crippen MR) is 77.9 cm³/mol. The lowest BCUT2D eigenvalue weighted by Crippen LogP contribution is -2.42. The van der Waals surface area contributed by atoms with Crippen LogP contribution in [0.25, 0.3) is 0 Å². The summed E-state index contributed by atoms with van der Waals surface area (Å²) in [6, 6.07) is 0. The van der Waals surface area contributed by atoms with Crippen LogP contribution in [-0.2, 0) is 19.2 Å². The van der Waals surface area contributed by atoms with Gasteiger partial charge in [-0.1, -0.05) is 16.9 Å². The molecule has 0 aromatic heterocycles. The molecule has 1 aliphatic heterocycles. The number of carbonyl (C=O) groups is 3. The minimum atomic E-state index is -0.917. The fraction of sp³-hybridized carbons (Fsp3) is 0.667. The van der Waals surface area contributed by atoms with Crippen molar-refractivity contribution < 1.29 is 24.0 Å². The second-order valence-electron chi connectivity index (χ2n) is 4.32. The van der Waals surface area contributed by atoms with Crippen molar-refractivity contribution in [2.45, 2.75) is 13.3 Å². The van der Waals surface area contributed by atoms with Crippen LogP contribution in [0.3, 0.4) is 0 Å². The zero-order valence-electron chi connectivity index (χ0n) is 12.3. The molecule has 3 amide bonds. The van der Waals surface area contributed by atoms with Gasteiger partial charge in [-0.25, -0.2) is 9.69 Å². The van der Waals surface area contributed by atoms with Crippen LogP contribution in [0.4, 0.5) is 4.79 Å². The molecule has 1 heterocycles. The van der Waals surface area contributed by atoms with Gasteiger partial charge in [0.25, 0.3) is 5.91 Å². The first kappa shape index (κ1) is 17.4. The van der Waals surface area contributed by atoms with E-state index in [0.29, 0.717) is 25.4 Å². The molecule has 1 fully saturated rings. The van der Waals surface area contributed by atoms with Crippen LogP contribution in [0.1, 0.15) is 13.3 Å². The van der Waals surface area contributed by atoms with Crippen molar-refractivity contribution in [1.82, 2.24) is 9.80 Å². The number of thioether (sulfide) groups is 1. The van der Waals surface area contributed by atoms with E-state index in [4.69, 9.17) is 4.74 Å². The van der Waals surface area contributed by atoms with Gasteiger partial charge in [0.1, 0.15) is 0 Å². The molecule has 0 aromatic carbocycles. The molecule has 0 unspecified atom stereocenters. The van der Waals surface area contributed by atoms with Gasteiger partial charge in [-0.2, -0.15) is 0 Å². The monoisotopic (exact) mass is 317 g/mol. The van der Waals surface area contributed by atoms with E-state index in [1.807, 2.05) is 0 Å². The molecular weight excluding hydrogens is 298 g/mol. The van der Waals surface area contributed by atoms with Gasteiger partial charge in [-0.3, -0.25) is 14.4 Å². The Morgan fingerprint density at radius 1 is 1.48 bits per heavy atom. The number of hydrogen-bond donors (Lipinski definition) is 0. The highest BCUT2D eigenvalue weighted by Crippen LogP contribution is 2.15. The minimum absolute atomic E-state index is 0.115. The predicted octanol–water partition coefficient (Wildman–Crippen LogP) is 0.527. The van der Waals surface area contributed by atoms with Crippen molar-refractivity contribution in [1.29, 1.82) is 0 Å². The molecule has 1 rings (SSSR count). The molecule has 21 heavy (non-hydrogen) atoms. The van der Waals surface area contributed by atoms with Crippen molar-refractivity contribution in [3.05, 3.63) is 0 Å². The van der Waals surface area contributed by atoms with Gasteiger partial charge in [0, 0.05) is 46.5 Å². The third-order valence-corrected chi connectivity index (χ3v) is 3.71. The van der Waals surface area contributed by atoms with Crippen molar-refractivity contribution in [2.75, 3.05) is 39.6 Å². The molecule has 1 aliphatic rings. The number of nitrogens with zero attached hydrogens (tertiary/aromatic N) is 3. The van der Waals surface area contributed by atoms with E-state index in [-0.39, 0.29) is 11.0 Å². The summed E-state index contributed by atoms with van der Waals surface area (Å²) < 4.78 is 4.94. The molecule has 0 aromatic rings. The molecule has 0 bridgehead atoms. The second-order valence-corrected chi connectivity index (χ2v) is 5.40. The van der Waals surface area contributed by atoms with Crippen molar-refractivity contribution >= 4 is 34.7 Å². The van der Waals surface area contributed by atoms with Crippen LogP contribution in [0.5, 0.6) is 0 Å². The summed E-state index contributed by atoms with van der Waals surface area (Å²) in [6.07, 6.45) is -0.188. The van der Waals surface area contributed by atoms with Gasteiger partial charge in [0.15, 0.2) is 0 Å². The summed E-state index contributed by atoms with van der Waals surface area (Å²) >= 11 is 1.22. The molecule has 0 radical (unpaired) electrons. The standard InChI is InChI=1S/C12H19N3O5S/c1-9(16)14(2)12(18)20-13-10-11(17)15(6-8-21-10)5-4-7-19-3/h4-8H2,1-3H3. The average molecular weight is 317 g/mol. The fourth-order valence-electron chi connectivity index (χ4n) is 1.50. The van der Waals surface area contributed by atoms with Gasteiger partial charge in [0.2, 0.25) is 11.0 Å². The number of ether oxygens (including phenoxy) is 1. The van der Waals surface area contributed by atoms with E-state index in [2.05, 4.69) is 9.99 Å². The first-order valence-corrected chi connectivity index (χ1v) is 7.40. The fourth-order valence-corrected chi connectivity index (χ4v) is 2.35. The quantitative estimate of drug-likeness (QED) is 0.417. The Hall–Kier alpha value is -1.61. The maximum Gasteiger partial charge on any atom is 0.442 e.